The van der Waals surface area contributed by atoms with Gasteiger partial charge < -0.3 is 10.4 Å². The van der Waals surface area contributed by atoms with Gasteiger partial charge in [-0.2, -0.15) is 8.42 Å². The van der Waals surface area contributed by atoms with Crippen molar-refractivity contribution < 1.29 is 22.9 Å². The fraction of sp³-hybridized carbons (Fsp3) is 0.800. The molecule has 7 heteroatoms. The number of rotatable bonds is 30. The Balaban J connectivity index is 4.09. The van der Waals surface area contributed by atoms with Gasteiger partial charge in [0.2, 0.25) is 5.91 Å². The molecular formula is C35H65NO5S. The second kappa shape index (κ2) is 29.6. The number of carbonyl (C=O) groups excluding carboxylic acids is 1. The van der Waals surface area contributed by atoms with Crippen LogP contribution in [0.1, 0.15) is 162 Å². The van der Waals surface area contributed by atoms with Crippen molar-refractivity contribution in [1.82, 2.24) is 5.32 Å². The summed E-state index contributed by atoms with van der Waals surface area (Å²) in [7, 11) is -4.35. The first kappa shape index (κ1) is 40.6. The number of unbranched alkanes of at least 4 members (excludes halogenated alkanes) is 18. The van der Waals surface area contributed by atoms with E-state index in [0.29, 0.717) is 12.8 Å². The molecule has 0 aliphatic carbocycles. The van der Waals surface area contributed by atoms with Crippen molar-refractivity contribution in [2.24, 2.45) is 0 Å². The maximum atomic E-state index is 12.4. The Hall–Kier alpha value is -1.44. The number of allylic oxidation sites excluding steroid dienone is 5. The first-order valence-electron chi connectivity index (χ1n) is 17.2. The smallest absolute Gasteiger partial charge is 0.267 e. The van der Waals surface area contributed by atoms with Gasteiger partial charge in [-0.3, -0.25) is 9.35 Å². The molecule has 3 N–H and O–H groups in total. The topological polar surface area (TPSA) is 104 Å². The standard InChI is InChI=1S/C35H65NO5S/c1-3-5-7-9-11-13-15-16-17-18-19-21-22-24-26-28-30-34(37)33(32-42(39,40)41)36-35(38)31-29-27-25-23-20-14-12-10-8-6-4-2/h10,12,21-22,28,30,33-34,37H,3-9,11,13-20,23-27,29,31-32H2,1-2H3,(H,36,38)(H,39,40,41)/b12-10-,22-21+,30-28+. The third kappa shape index (κ3) is 30.0. The number of aliphatic hydroxyl groups excluding tert-OH is 1. The number of carbonyl (C=O) groups is 1. The quantitative estimate of drug-likeness (QED) is 0.0426. The van der Waals surface area contributed by atoms with Gasteiger partial charge in [-0.15, -0.1) is 0 Å². The molecule has 0 aliphatic heterocycles. The highest BCUT2D eigenvalue weighted by Crippen LogP contribution is 2.12. The highest BCUT2D eigenvalue weighted by Gasteiger charge is 2.24. The van der Waals surface area contributed by atoms with Crippen molar-refractivity contribution in [3.8, 4) is 0 Å². The number of hydrogen-bond acceptors (Lipinski definition) is 4. The molecule has 2 unspecified atom stereocenters. The number of nitrogens with one attached hydrogen (secondary N) is 1. The summed E-state index contributed by atoms with van der Waals surface area (Å²) in [5, 5.41) is 13.1. The number of amides is 1. The van der Waals surface area contributed by atoms with Crippen molar-refractivity contribution in [2.75, 3.05) is 5.75 Å². The van der Waals surface area contributed by atoms with Crippen molar-refractivity contribution in [2.45, 2.75) is 174 Å². The molecule has 1 amide bonds. The van der Waals surface area contributed by atoms with Gasteiger partial charge in [0.15, 0.2) is 0 Å². The summed E-state index contributed by atoms with van der Waals surface area (Å²) in [5.41, 5.74) is 0. The summed E-state index contributed by atoms with van der Waals surface area (Å²) >= 11 is 0. The van der Waals surface area contributed by atoms with Crippen LogP contribution in [0.2, 0.25) is 0 Å². The molecular weight excluding hydrogens is 546 g/mol. The van der Waals surface area contributed by atoms with Crippen LogP contribution in [-0.2, 0) is 14.9 Å². The van der Waals surface area contributed by atoms with E-state index in [1.165, 1.54) is 83.1 Å². The van der Waals surface area contributed by atoms with Gasteiger partial charge >= 0.3 is 0 Å². The molecule has 0 aromatic heterocycles. The lowest BCUT2D eigenvalue weighted by Gasteiger charge is -2.21. The minimum Gasteiger partial charge on any atom is -0.387 e. The maximum Gasteiger partial charge on any atom is 0.267 e. The summed E-state index contributed by atoms with van der Waals surface area (Å²) in [4.78, 5) is 12.4. The van der Waals surface area contributed by atoms with Gasteiger partial charge in [-0.05, 0) is 51.4 Å². The minimum absolute atomic E-state index is 0.277. The SMILES string of the molecule is CCCC/C=C\CCCCCCCC(=O)NC(CS(=O)(=O)O)C(O)/C=C/CC/C=C/CCCCCCCCCCCC. The van der Waals surface area contributed by atoms with Gasteiger partial charge in [0.1, 0.15) is 0 Å². The highest BCUT2D eigenvalue weighted by atomic mass is 32.2. The molecule has 246 valence electrons. The fourth-order valence-corrected chi connectivity index (χ4v) is 5.65. The minimum atomic E-state index is -4.35. The van der Waals surface area contributed by atoms with Crippen LogP contribution in [-0.4, -0.2) is 41.9 Å². The van der Waals surface area contributed by atoms with Crippen LogP contribution in [0.15, 0.2) is 36.5 Å². The maximum absolute atomic E-state index is 12.4. The van der Waals surface area contributed by atoms with Crippen molar-refractivity contribution in [3.63, 3.8) is 0 Å². The van der Waals surface area contributed by atoms with Gasteiger partial charge in [-0.25, -0.2) is 0 Å². The molecule has 0 spiro atoms. The van der Waals surface area contributed by atoms with E-state index in [-0.39, 0.29) is 12.3 Å². The van der Waals surface area contributed by atoms with E-state index in [2.05, 4.69) is 43.5 Å². The Kier molecular flexibility index (Phi) is 28.6. The molecule has 0 fully saturated rings. The molecule has 6 nitrogen and oxygen atoms in total. The molecule has 42 heavy (non-hydrogen) atoms. The Labute approximate surface area is 259 Å². The van der Waals surface area contributed by atoms with E-state index in [1.807, 2.05) is 0 Å². The molecule has 0 aromatic rings. The Morgan fingerprint density at radius 3 is 1.57 bits per heavy atom. The third-order valence-corrected chi connectivity index (χ3v) is 8.32. The van der Waals surface area contributed by atoms with Gasteiger partial charge in [-0.1, -0.05) is 140 Å². The molecule has 0 radical (unpaired) electrons. The average molecular weight is 612 g/mol. The van der Waals surface area contributed by atoms with Crippen LogP contribution >= 0.6 is 0 Å². The van der Waals surface area contributed by atoms with Crippen LogP contribution in [0.4, 0.5) is 0 Å². The first-order valence-corrected chi connectivity index (χ1v) is 18.8. The second-order valence-electron chi connectivity index (χ2n) is 11.8. The molecule has 0 rings (SSSR count). The van der Waals surface area contributed by atoms with Crippen LogP contribution in [0.3, 0.4) is 0 Å². The van der Waals surface area contributed by atoms with Crippen LogP contribution < -0.4 is 5.32 Å². The van der Waals surface area contributed by atoms with E-state index < -0.39 is 28.0 Å². The number of aliphatic hydroxyl groups is 1. The molecule has 0 heterocycles. The fourth-order valence-electron chi connectivity index (χ4n) is 4.91. The van der Waals surface area contributed by atoms with Crippen molar-refractivity contribution >= 4 is 16.0 Å². The van der Waals surface area contributed by atoms with Gasteiger partial charge in [0.25, 0.3) is 10.1 Å². The monoisotopic (exact) mass is 611 g/mol. The van der Waals surface area contributed by atoms with Gasteiger partial charge in [0.05, 0.1) is 17.9 Å². The van der Waals surface area contributed by atoms with Crippen molar-refractivity contribution in [3.05, 3.63) is 36.5 Å². The Morgan fingerprint density at radius 1 is 0.619 bits per heavy atom. The van der Waals surface area contributed by atoms with E-state index in [4.69, 9.17) is 0 Å². The van der Waals surface area contributed by atoms with E-state index in [9.17, 15) is 22.9 Å². The summed E-state index contributed by atoms with van der Waals surface area (Å²) in [6, 6.07) is -1.07. The van der Waals surface area contributed by atoms with E-state index in [1.54, 1.807) is 6.08 Å². The van der Waals surface area contributed by atoms with Crippen LogP contribution in [0.5, 0.6) is 0 Å². The molecule has 0 aromatic carbocycles. The lowest BCUT2D eigenvalue weighted by molar-refractivity contribution is -0.122. The summed E-state index contributed by atoms with van der Waals surface area (Å²) in [5.74, 6) is -1.01. The molecule has 0 saturated heterocycles. The third-order valence-electron chi connectivity index (χ3n) is 7.54. The van der Waals surface area contributed by atoms with Crippen molar-refractivity contribution in [1.29, 1.82) is 0 Å². The van der Waals surface area contributed by atoms with E-state index in [0.717, 1.165) is 51.4 Å². The second-order valence-corrected chi connectivity index (χ2v) is 13.3. The summed E-state index contributed by atoms with van der Waals surface area (Å²) in [6.45, 7) is 4.45. The zero-order valence-electron chi connectivity index (χ0n) is 27.1. The average Bonchev–Trinajstić information content (AvgIpc) is 2.94. The largest absolute Gasteiger partial charge is 0.387 e. The number of hydrogen-bond donors (Lipinski definition) is 3. The van der Waals surface area contributed by atoms with Crippen LogP contribution in [0, 0.1) is 0 Å². The predicted molar refractivity (Wildman–Crippen MR) is 179 cm³/mol. The Morgan fingerprint density at radius 2 is 1.05 bits per heavy atom. The zero-order valence-corrected chi connectivity index (χ0v) is 27.9. The van der Waals surface area contributed by atoms with Gasteiger partial charge in [0, 0.05) is 6.42 Å². The first-order chi connectivity index (χ1) is 20.3. The lowest BCUT2D eigenvalue weighted by atomic mass is 10.1. The zero-order chi connectivity index (χ0) is 31.2. The summed E-state index contributed by atoms with van der Waals surface area (Å²) < 4.78 is 32.2. The van der Waals surface area contributed by atoms with E-state index >= 15 is 0 Å². The normalized spacial score (nSPS) is 13.9. The summed E-state index contributed by atoms with van der Waals surface area (Å²) in [6.07, 6.45) is 37.0. The predicted octanol–water partition coefficient (Wildman–Crippen LogP) is 9.40. The molecule has 0 bridgehead atoms. The molecule has 2 atom stereocenters. The highest BCUT2D eigenvalue weighted by molar-refractivity contribution is 7.85. The lowest BCUT2D eigenvalue weighted by Crippen LogP contribution is -2.46. The Bertz CT molecular complexity index is 806. The molecule has 0 aliphatic rings. The van der Waals surface area contributed by atoms with Crippen LogP contribution in [0.25, 0.3) is 0 Å². The molecule has 0 saturated carbocycles.